The lowest BCUT2D eigenvalue weighted by Crippen LogP contribution is -1.87. The SMILES string of the molecule is CCN.N=NC=NN. The highest BCUT2D eigenvalue weighted by atomic mass is 15.2. The largest absolute Gasteiger partial charge is 0.331 e. The van der Waals surface area contributed by atoms with Gasteiger partial charge >= 0.3 is 0 Å². The summed E-state index contributed by atoms with van der Waals surface area (Å²) in [5.74, 6) is 4.49. The molecule has 0 aliphatic rings. The van der Waals surface area contributed by atoms with E-state index >= 15 is 0 Å². The second-order valence-electron chi connectivity index (χ2n) is 0.802. The van der Waals surface area contributed by atoms with Crippen molar-refractivity contribution in [1.29, 1.82) is 5.53 Å². The number of nitrogens with two attached hydrogens (primary N) is 2. The quantitative estimate of drug-likeness (QED) is 0.147. The molecule has 0 heterocycles. The third-order valence-corrected chi connectivity index (χ3v) is 0.124. The summed E-state index contributed by atoms with van der Waals surface area (Å²) < 4.78 is 0. The summed E-state index contributed by atoms with van der Waals surface area (Å²) in [5.41, 5.74) is 10.8. The highest BCUT2D eigenvalue weighted by Gasteiger charge is 1.43. The lowest BCUT2D eigenvalue weighted by atomic mass is 10.8. The molecule has 0 rings (SSSR count). The molecule has 0 spiro atoms. The minimum absolute atomic E-state index is 0.750. The zero-order valence-corrected chi connectivity index (χ0v) is 4.83. The number of hydrogen-bond acceptors (Lipinski definition) is 4. The van der Waals surface area contributed by atoms with Crippen molar-refractivity contribution in [2.24, 2.45) is 21.8 Å². The number of rotatable bonds is 1. The summed E-state index contributed by atoms with van der Waals surface area (Å²) in [6, 6.07) is 0. The molecular formula is C3H11N5. The molecule has 48 valence electrons. The molecule has 0 aromatic heterocycles. The highest BCUT2D eigenvalue weighted by molar-refractivity contribution is 5.52. The third-order valence-electron chi connectivity index (χ3n) is 0.124. The molecule has 5 heteroatoms. The second-order valence-corrected chi connectivity index (χ2v) is 0.802. The van der Waals surface area contributed by atoms with E-state index in [1.54, 1.807) is 0 Å². The van der Waals surface area contributed by atoms with Gasteiger partial charge in [-0.25, -0.2) is 5.53 Å². The Labute approximate surface area is 48.3 Å². The van der Waals surface area contributed by atoms with Crippen LogP contribution < -0.4 is 11.6 Å². The molecule has 0 saturated carbocycles. The molecule has 0 aromatic carbocycles. The van der Waals surface area contributed by atoms with Gasteiger partial charge in [-0.15, -0.1) is 5.11 Å². The van der Waals surface area contributed by atoms with E-state index in [1.165, 1.54) is 0 Å². The summed E-state index contributed by atoms with van der Waals surface area (Å²) in [6.07, 6.45) is 0.944. The average Bonchev–Trinajstić information content (AvgIpc) is 1.71. The fourth-order valence-electron chi connectivity index (χ4n) is 0.0333. The summed E-state index contributed by atoms with van der Waals surface area (Å²) >= 11 is 0. The fourth-order valence-corrected chi connectivity index (χ4v) is 0.0333. The molecule has 0 unspecified atom stereocenters. The van der Waals surface area contributed by atoms with Crippen molar-refractivity contribution in [2.75, 3.05) is 6.54 Å². The second kappa shape index (κ2) is 16.6. The molecule has 0 radical (unpaired) electrons. The van der Waals surface area contributed by atoms with E-state index in [-0.39, 0.29) is 0 Å². The molecule has 0 aliphatic heterocycles. The summed E-state index contributed by atoms with van der Waals surface area (Å²) in [5, 5.41) is 5.56. The smallest absolute Gasteiger partial charge is 0.156 e. The van der Waals surface area contributed by atoms with Gasteiger partial charge in [0.15, 0.2) is 6.34 Å². The summed E-state index contributed by atoms with van der Waals surface area (Å²) in [6.45, 7) is 2.65. The minimum atomic E-state index is 0.750. The zero-order chi connectivity index (χ0) is 6.83. The molecule has 0 fully saturated rings. The standard InChI is InChI=1S/C2H7N.CH4N4/c1-2-3;2-4-1-5-3/h2-3H2,1H3;1-2H,3H2. The normalized spacial score (nSPS) is 7.75. The number of hydrazone groups is 1. The lowest BCUT2D eigenvalue weighted by molar-refractivity contribution is 1.14. The molecule has 0 aromatic rings. The van der Waals surface area contributed by atoms with Crippen molar-refractivity contribution in [3.63, 3.8) is 0 Å². The molecule has 5 nitrogen and oxygen atoms in total. The Kier molecular flexibility index (Phi) is 21.0. The number of hydrogen-bond donors (Lipinski definition) is 3. The first kappa shape index (κ1) is 10.1. The topological polar surface area (TPSA) is 101 Å². The molecule has 8 heavy (non-hydrogen) atoms. The van der Waals surface area contributed by atoms with Crippen LogP contribution in [0.4, 0.5) is 0 Å². The van der Waals surface area contributed by atoms with E-state index < -0.39 is 0 Å². The van der Waals surface area contributed by atoms with Crippen molar-refractivity contribution in [2.45, 2.75) is 6.92 Å². The van der Waals surface area contributed by atoms with Gasteiger partial charge in [0.25, 0.3) is 0 Å². The molecule has 0 aliphatic carbocycles. The fraction of sp³-hybridized carbons (Fsp3) is 0.667. The summed E-state index contributed by atoms with van der Waals surface area (Å²) in [4.78, 5) is 0. The van der Waals surface area contributed by atoms with Crippen LogP contribution in [0.2, 0.25) is 0 Å². The van der Waals surface area contributed by atoms with Gasteiger partial charge in [-0.3, -0.25) is 0 Å². The van der Waals surface area contributed by atoms with Crippen LogP contribution in [0.25, 0.3) is 0 Å². The van der Waals surface area contributed by atoms with Gasteiger partial charge in [-0.05, 0) is 6.54 Å². The van der Waals surface area contributed by atoms with E-state index in [4.69, 9.17) is 11.3 Å². The van der Waals surface area contributed by atoms with Crippen molar-refractivity contribution in [3.8, 4) is 0 Å². The van der Waals surface area contributed by atoms with Crippen LogP contribution >= 0.6 is 0 Å². The average molecular weight is 117 g/mol. The van der Waals surface area contributed by atoms with Crippen LogP contribution in [-0.4, -0.2) is 12.9 Å². The maximum absolute atomic E-state index is 6.00. The van der Waals surface area contributed by atoms with Crippen molar-refractivity contribution in [3.05, 3.63) is 0 Å². The van der Waals surface area contributed by atoms with Crippen LogP contribution in [-0.2, 0) is 0 Å². The van der Waals surface area contributed by atoms with Crippen molar-refractivity contribution >= 4 is 6.34 Å². The van der Waals surface area contributed by atoms with Crippen molar-refractivity contribution < 1.29 is 0 Å². The Morgan fingerprint density at radius 1 is 1.75 bits per heavy atom. The molecular weight excluding hydrogens is 106 g/mol. The molecule has 0 atom stereocenters. The van der Waals surface area contributed by atoms with Gasteiger partial charge in [0.2, 0.25) is 0 Å². The Bertz CT molecular complexity index is 58.7. The molecule has 0 bridgehead atoms. The first-order valence-corrected chi connectivity index (χ1v) is 2.11. The number of nitrogens with one attached hydrogen (secondary N) is 1. The van der Waals surface area contributed by atoms with Crippen LogP contribution in [0.5, 0.6) is 0 Å². The highest BCUT2D eigenvalue weighted by Crippen LogP contribution is 1.44. The zero-order valence-electron chi connectivity index (χ0n) is 4.83. The predicted octanol–water partition coefficient (Wildman–Crippen LogP) is -0.116. The first-order valence-electron chi connectivity index (χ1n) is 2.11. The number of nitrogens with zero attached hydrogens (tertiary/aromatic N) is 2. The monoisotopic (exact) mass is 117 g/mol. The summed E-state index contributed by atoms with van der Waals surface area (Å²) in [7, 11) is 0. The Morgan fingerprint density at radius 3 is 2.12 bits per heavy atom. The molecule has 0 amide bonds. The van der Waals surface area contributed by atoms with E-state index in [9.17, 15) is 0 Å². The molecule has 5 N–H and O–H groups in total. The van der Waals surface area contributed by atoms with E-state index in [0.29, 0.717) is 0 Å². The van der Waals surface area contributed by atoms with Crippen LogP contribution in [0.15, 0.2) is 10.2 Å². The van der Waals surface area contributed by atoms with Gasteiger partial charge < -0.3 is 11.6 Å². The van der Waals surface area contributed by atoms with E-state index in [0.717, 1.165) is 12.9 Å². The van der Waals surface area contributed by atoms with Crippen LogP contribution in [0.1, 0.15) is 6.92 Å². The van der Waals surface area contributed by atoms with E-state index in [2.05, 4.69) is 16.1 Å². The predicted molar refractivity (Wildman–Crippen MR) is 32.6 cm³/mol. The van der Waals surface area contributed by atoms with Gasteiger partial charge in [0.1, 0.15) is 0 Å². The van der Waals surface area contributed by atoms with Gasteiger partial charge in [-0.1, -0.05) is 6.92 Å². The van der Waals surface area contributed by atoms with E-state index in [1.807, 2.05) is 6.92 Å². The first-order chi connectivity index (χ1) is 3.83. The van der Waals surface area contributed by atoms with Gasteiger partial charge in [0, 0.05) is 0 Å². The maximum Gasteiger partial charge on any atom is 0.156 e. The lowest BCUT2D eigenvalue weighted by Gasteiger charge is -1.58. The van der Waals surface area contributed by atoms with Crippen LogP contribution in [0, 0.1) is 5.53 Å². The Morgan fingerprint density at radius 2 is 2.12 bits per heavy atom. The molecule has 0 saturated heterocycles. The Balaban J connectivity index is 0. The van der Waals surface area contributed by atoms with Gasteiger partial charge in [-0.2, -0.15) is 5.10 Å². The van der Waals surface area contributed by atoms with Crippen molar-refractivity contribution in [1.82, 2.24) is 0 Å². The van der Waals surface area contributed by atoms with Crippen LogP contribution in [0.3, 0.4) is 0 Å². The van der Waals surface area contributed by atoms with Gasteiger partial charge in [0.05, 0.1) is 0 Å². The Hall–Kier alpha value is -0.970. The maximum atomic E-state index is 6.00. The third kappa shape index (κ3) is 77.0. The minimum Gasteiger partial charge on any atom is -0.331 e.